The quantitative estimate of drug-likeness (QED) is 0.638. The highest BCUT2D eigenvalue weighted by Gasteiger charge is 2.38. The summed E-state index contributed by atoms with van der Waals surface area (Å²) >= 11 is 5.88. The van der Waals surface area contributed by atoms with Gasteiger partial charge in [-0.2, -0.15) is 23.0 Å². The number of aliphatic hydroxyl groups is 1. The number of benzene rings is 1. The lowest BCUT2D eigenvalue weighted by Crippen LogP contribution is -2.42. The number of amides is 1. The molecule has 2 heterocycles. The van der Waals surface area contributed by atoms with Gasteiger partial charge in [-0.3, -0.25) is 14.6 Å². The Morgan fingerprint density at radius 1 is 1.23 bits per heavy atom. The molecule has 0 aliphatic heterocycles. The number of nitrogens with one attached hydrogen (secondary N) is 1. The van der Waals surface area contributed by atoms with E-state index in [9.17, 15) is 22.8 Å². The van der Waals surface area contributed by atoms with Crippen molar-refractivity contribution >= 4 is 17.5 Å². The SMILES string of the molecule is O=C(NC[C@H](O)C(F)(F)F)c1cc(-c2ccc(Cl)cc2)nn(-c2cccnc2)c1=O. The molecule has 7 nitrogen and oxygen atoms in total. The van der Waals surface area contributed by atoms with Crippen molar-refractivity contribution in [1.82, 2.24) is 20.1 Å². The molecule has 3 rings (SSSR count). The monoisotopic (exact) mass is 438 g/mol. The molecule has 0 aliphatic carbocycles. The molecule has 0 fully saturated rings. The van der Waals surface area contributed by atoms with Gasteiger partial charge in [0.1, 0.15) is 5.56 Å². The third kappa shape index (κ3) is 4.84. The van der Waals surface area contributed by atoms with E-state index in [1.165, 1.54) is 18.5 Å². The molecule has 11 heteroatoms. The molecule has 1 atom stereocenters. The zero-order valence-electron chi connectivity index (χ0n) is 15.1. The van der Waals surface area contributed by atoms with Crippen LogP contribution >= 0.6 is 11.6 Å². The highest BCUT2D eigenvalue weighted by atomic mass is 35.5. The number of hydrogen-bond donors (Lipinski definition) is 2. The number of hydrogen-bond acceptors (Lipinski definition) is 5. The Kier molecular flexibility index (Phi) is 6.18. The van der Waals surface area contributed by atoms with Gasteiger partial charge in [0.2, 0.25) is 0 Å². The number of rotatable bonds is 5. The molecule has 0 radical (unpaired) electrons. The molecule has 2 N–H and O–H groups in total. The summed E-state index contributed by atoms with van der Waals surface area (Å²) in [5, 5.41) is 15.7. The van der Waals surface area contributed by atoms with E-state index in [-0.39, 0.29) is 11.4 Å². The van der Waals surface area contributed by atoms with Gasteiger partial charge in [-0.15, -0.1) is 0 Å². The number of aromatic nitrogens is 3. The largest absolute Gasteiger partial charge is 0.416 e. The summed E-state index contributed by atoms with van der Waals surface area (Å²) in [6.45, 7) is -1.10. The highest BCUT2D eigenvalue weighted by Crippen LogP contribution is 2.21. The summed E-state index contributed by atoms with van der Waals surface area (Å²) < 4.78 is 38.4. The standard InChI is InChI=1S/C19H14ClF3N4O3/c20-12-5-3-11(4-6-12)15-8-14(17(29)25-10-16(28)19(21,22)23)18(30)27(26-15)13-2-1-7-24-9-13/h1-9,16,28H,10H2,(H,25,29)/t16-/m0/s1. The van der Waals surface area contributed by atoms with Crippen molar-refractivity contribution in [2.45, 2.75) is 12.3 Å². The third-order valence-electron chi connectivity index (χ3n) is 4.02. The lowest BCUT2D eigenvalue weighted by Gasteiger charge is -2.15. The fourth-order valence-electron chi connectivity index (χ4n) is 2.47. The summed E-state index contributed by atoms with van der Waals surface area (Å²) in [5.41, 5.74) is -0.339. The predicted molar refractivity (Wildman–Crippen MR) is 102 cm³/mol. The maximum absolute atomic E-state index is 12.8. The molecule has 30 heavy (non-hydrogen) atoms. The smallest absolute Gasteiger partial charge is 0.382 e. The number of carbonyl (C=O) groups is 1. The average molecular weight is 439 g/mol. The molecular weight excluding hydrogens is 425 g/mol. The molecule has 0 saturated carbocycles. The number of halogens is 4. The fraction of sp³-hybridized carbons (Fsp3) is 0.158. The van der Waals surface area contributed by atoms with Crippen molar-refractivity contribution in [2.24, 2.45) is 0 Å². The maximum atomic E-state index is 12.8. The highest BCUT2D eigenvalue weighted by molar-refractivity contribution is 6.30. The van der Waals surface area contributed by atoms with Crippen LogP contribution in [0.15, 0.2) is 59.7 Å². The van der Waals surface area contributed by atoms with Gasteiger partial charge >= 0.3 is 6.18 Å². The van der Waals surface area contributed by atoms with Crippen molar-refractivity contribution in [2.75, 3.05) is 6.54 Å². The summed E-state index contributed by atoms with van der Waals surface area (Å²) in [7, 11) is 0. The van der Waals surface area contributed by atoms with Crippen molar-refractivity contribution in [1.29, 1.82) is 0 Å². The minimum atomic E-state index is -4.91. The first-order valence-electron chi connectivity index (χ1n) is 8.50. The molecular formula is C19H14ClF3N4O3. The lowest BCUT2D eigenvalue weighted by atomic mass is 10.1. The second-order valence-electron chi connectivity index (χ2n) is 6.15. The van der Waals surface area contributed by atoms with Gasteiger partial charge in [0.15, 0.2) is 6.10 Å². The van der Waals surface area contributed by atoms with Crippen LogP contribution in [0, 0.1) is 0 Å². The number of aliphatic hydroxyl groups excluding tert-OH is 1. The third-order valence-corrected chi connectivity index (χ3v) is 4.27. The Bertz CT molecular complexity index is 1100. The van der Waals surface area contributed by atoms with Crippen LogP contribution in [0.2, 0.25) is 5.02 Å². The Labute approximate surface area is 172 Å². The molecule has 0 saturated heterocycles. The van der Waals surface area contributed by atoms with E-state index < -0.39 is 35.9 Å². The van der Waals surface area contributed by atoms with Crippen molar-refractivity contribution in [3.05, 3.63) is 75.8 Å². The van der Waals surface area contributed by atoms with E-state index >= 15 is 0 Å². The Balaban J connectivity index is 2.05. The van der Waals surface area contributed by atoms with E-state index in [2.05, 4.69) is 10.1 Å². The van der Waals surface area contributed by atoms with Gasteiger partial charge in [0, 0.05) is 16.8 Å². The number of carbonyl (C=O) groups excluding carboxylic acids is 1. The van der Waals surface area contributed by atoms with Crippen LogP contribution in [0.5, 0.6) is 0 Å². The molecule has 1 amide bonds. The first kappa shape index (κ1) is 21.5. The normalized spacial score (nSPS) is 12.4. The molecule has 0 aliphatic rings. The molecule has 156 valence electrons. The minimum Gasteiger partial charge on any atom is -0.382 e. The van der Waals surface area contributed by atoms with Crippen LogP contribution in [0.25, 0.3) is 16.9 Å². The van der Waals surface area contributed by atoms with Crippen molar-refractivity contribution in [3.63, 3.8) is 0 Å². The van der Waals surface area contributed by atoms with Crippen LogP contribution in [0.4, 0.5) is 13.2 Å². The van der Waals surface area contributed by atoms with Crippen LogP contribution in [-0.4, -0.2) is 44.6 Å². The first-order valence-corrected chi connectivity index (χ1v) is 8.88. The number of alkyl halides is 3. The molecule has 3 aromatic rings. The topological polar surface area (TPSA) is 97.1 Å². The summed E-state index contributed by atoms with van der Waals surface area (Å²) in [6.07, 6.45) is -4.85. The van der Waals surface area contributed by atoms with Crippen molar-refractivity contribution in [3.8, 4) is 16.9 Å². The zero-order valence-corrected chi connectivity index (χ0v) is 15.9. The van der Waals surface area contributed by atoms with Crippen LogP contribution in [0.3, 0.4) is 0 Å². The van der Waals surface area contributed by atoms with E-state index in [0.717, 1.165) is 10.7 Å². The van der Waals surface area contributed by atoms with Crippen LogP contribution in [-0.2, 0) is 0 Å². The predicted octanol–water partition coefficient (Wildman–Crippen LogP) is 2.60. The van der Waals surface area contributed by atoms with E-state index in [4.69, 9.17) is 16.7 Å². The number of nitrogens with zero attached hydrogens (tertiary/aromatic N) is 3. The fourth-order valence-corrected chi connectivity index (χ4v) is 2.60. The van der Waals surface area contributed by atoms with E-state index in [1.54, 1.807) is 30.3 Å². The van der Waals surface area contributed by atoms with E-state index in [1.807, 2.05) is 5.32 Å². The molecule has 0 spiro atoms. The minimum absolute atomic E-state index is 0.205. The zero-order chi connectivity index (χ0) is 21.9. The Morgan fingerprint density at radius 3 is 2.53 bits per heavy atom. The summed E-state index contributed by atoms with van der Waals surface area (Å²) in [6, 6.07) is 10.6. The second-order valence-corrected chi connectivity index (χ2v) is 6.58. The molecule has 2 aromatic heterocycles. The second kappa shape index (κ2) is 8.64. The van der Waals surface area contributed by atoms with E-state index in [0.29, 0.717) is 10.6 Å². The van der Waals surface area contributed by atoms with Crippen LogP contribution < -0.4 is 10.9 Å². The van der Waals surface area contributed by atoms with Gasteiger partial charge in [-0.05, 0) is 30.3 Å². The molecule has 1 aromatic carbocycles. The van der Waals surface area contributed by atoms with Crippen molar-refractivity contribution < 1.29 is 23.1 Å². The lowest BCUT2D eigenvalue weighted by molar-refractivity contribution is -0.201. The van der Waals surface area contributed by atoms with Gasteiger partial charge in [-0.1, -0.05) is 23.7 Å². The van der Waals surface area contributed by atoms with Gasteiger partial charge in [0.25, 0.3) is 11.5 Å². The van der Waals surface area contributed by atoms with Gasteiger partial charge in [0.05, 0.1) is 24.1 Å². The summed E-state index contributed by atoms with van der Waals surface area (Å²) in [5.74, 6) is -1.08. The van der Waals surface area contributed by atoms with Gasteiger partial charge < -0.3 is 10.4 Å². The Hall–Kier alpha value is -3.24. The number of pyridine rings is 1. The van der Waals surface area contributed by atoms with Crippen LogP contribution in [0.1, 0.15) is 10.4 Å². The van der Waals surface area contributed by atoms with Gasteiger partial charge in [-0.25, -0.2) is 0 Å². The molecule has 0 unspecified atom stereocenters. The maximum Gasteiger partial charge on any atom is 0.416 e. The Morgan fingerprint density at radius 2 is 1.93 bits per heavy atom. The average Bonchev–Trinajstić information content (AvgIpc) is 2.72. The summed E-state index contributed by atoms with van der Waals surface area (Å²) in [4.78, 5) is 29.1. The molecule has 0 bridgehead atoms. The first-order chi connectivity index (χ1) is 14.2.